The molecule has 0 radical (unpaired) electrons. The number of carbonyl (C=O) groups is 1. The summed E-state index contributed by atoms with van der Waals surface area (Å²) in [6.45, 7) is 2.70. The van der Waals surface area contributed by atoms with Gasteiger partial charge in [0.05, 0.1) is 16.8 Å². The van der Waals surface area contributed by atoms with Gasteiger partial charge in [0, 0.05) is 25.2 Å². The van der Waals surface area contributed by atoms with Crippen molar-refractivity contribution in [2.45, 2.75) is 6.04 Å². The van der Waals surface area contributed by atoms with Gasteiger partial charge in [0.2, 0.25) is 0 Å². The van der Waals surface area contributed by atoms with E-state index in [1.807, 2.05) is 18.2 Å². The van der Waals surface area contributed by atoms with E-state index in [0.717, 1.165) is 31.6 Å². The van der Waals surface area contributed by atoms with Crippen LogP contribution in [0.25, 0.3) is 0 Å². The largest absolute Gasteiger partial charge is 0.361 e. The van der Waals surface area contributed by atoms with Crippen LogP contribution in [0.4, 0.5) is 5.69 Å². The maximum atomic E-state index is 10.8. The standard InChI is InChI=1S/C17H17ClN2O/c18-15-10-13(12-21)6-7-16(15)20-9-8-19-11-17(20)14-4-2-1-3-5-14/h1-7,10,12,17,19H,8-9,11H2/t17-/m0/s1. The average Bonchev–Trinajstić information content (AvgIpc) is 2.55. The molecule has 1 aliphatic rings. The molecule has 3 rings (SSSR count). The second-order valence-electron chi connectivity index (χ2n) is 5.15. The Morgan fingerprint density at radius 2 is 2.00 bits per heavy atom. The van der Waals surface area contributed by atoms with Crippen LogP contribution in [-0.2, 0) is 0 Å². The van der Waals surface area contributed by atoms with E-state index < -0.39 is 0 Å². The Labute approximate surface area is 129 Å². The van der Waals surface area contributed by atoms with Crippen molar-refractivity contribution in [2.75, 3.05) is 24.5 Å². The Balaban J connectivity index is 1.96. The van der Waals surface area contributed by atoms with Crippen molar-refractivity contribution in [3.8, 4) is 0 Å². The highest BCUT2D eigenvalue weighted by Gasteiger charge is 2.25. The number of benzene rings is 2. The second-order valence-corrected chi connectivity index (χ2v) is 5.56. The van der Waals surface area contributed by atoms with Crippen molar-refractivity contribution in [1.82, 2.24) is 5.32 Å². The minimum absolute atomic E-state index is 0.250. The number of piperazine rings is 1. The Hall–Kier alpha value is -1.84. The first-order valence-corrected chi connectivity index (χ1v) is 7.44. The number of hydrogen-bond acceptors (Lipinski definition) is 3. The van der Waals surface area contributed by atoms with Crippen LogP contribution in [0.3, 0.4) is 0 Å². The van der Waals surface area contributed by atoms with Crippen LogP contribution in [0.5, 0.6) is 0 Å². The quantitative estimate of drug-likeness (QED) is 0.883. The Bertz CT molecular complexity index is 630. The number of halogens is 1. The molecule has 2 aromatic rings. The second kappa shape index (κ2) is 6.29. The lowest BCUT2D eigenvalue weighted by Crippen LogP contribution is -2.46. The predicted molar refractivity (Wildman–Crippen MR) is 86.2 cm³/mol. The molecule has 108 valence electrons. The molecular formula is C17H17ClN2O. The van der Waals surface area contributed by atoms with Crippen molar-refractivity contribution in [2.24, 2.45) is 0 Å². The van der Waals surface area contributed by atoms with Gasteiger partial charge in [-0.3, -0.25) is 4.79 Å². The molecule has 4 heteroatoms. The molecular weight excluding hydrogens is 284 g/mol. The van der Waals surface area contributed by atoms with Gasteiger partial charge >= 0.3 is 0 Å². The number of carbonyl (C=O) groups excluding carboxylic acids is 1. The minimum Gasteiger partial charge on any atom is -0.361 e. The van der Waals surface area contributed by atoms with E-state index in [2.05, 4.69) is 34.5 Å². The maximum Gasteiger partial charge on any atom is 0.150 e. The highest BCUT2D eigenvalue weighted by atomic mass is 35.5. The fourth-order valence-corrected chi connectivity index (χ4v) is 3.09. The van der Waals surface area contributed by atoms with Gasteiger partial charge in [-0.05, 0) is 23.8 Å². The Morgan fingerprint density at radius 1 is 1.19 bits per heavy atom. The van der Waals surface area contributed by atoms with Gasteiger partial charge in [-0.15, -0.1) is 0 Å². The highest BCUT2D eigenvalue weighted by molar-refractivity contribution is 6.33. The number of nitrogens with one attached hydrogen (secondary N) is 1. The van der Waals surface area contributed by atoms with Crippen molar-refractivity contribution < 1.29 is 4.79 Å². The zero-order chi connectivity index (χ0) is 14.7. The van der Waals surface area contributed by atoms with Crippen molar-refractivity contribution in [3.63, 3.8) is 0 Å². The van der Waals surface area contributed by atoms with Crippen LogP contribution in [0.15, 0.2) is 48.5 Å². The summed E-state index contributed by atoms with van der Waals surface area (Å²) in [7, 11) is 0. The van der Waals surface area contributed by atoms with Crippen molar-refractivity contribution >= 4 is 23.6 Å². The molecule has 0 unspecified atom stereocenters. The third-order valence-electron chi connectivity index (χ3n) is 3.84. The van der Waals surface area contributed by atoms with E-state index in [1.165, 1.54) is 5.56 Å². The fourth-order valence-electron chi connectivity index (χ4n) is 2.80. The number of hydrogen-bond donors (Lipinski definition) is 1. The van der Waals surface area contributed by atoms with E-state index in [9.17, 15) is 4.79 Å². The van der Waals surface area contributed by atoms with Gasteiger partial charge in [-0.25, -0.2) is 0 Å². The molecule has 1 heterocycles. The third kappa shape index (κ3) is 2.94. The van der Waals surface area contributed by atoms with E-state index in [1.54, 1.807) is 6.07 Å². The van der Waals surface area contributed by atoms with E-state index in [-0.39, 0.29) is 6.04 Å². The van der Waals surface area contributed by atoms with Crippen LogP contribution in [0.2, 0.25) is 5.02 Å². The molecule has 3 nitrogen and oxygen atoms in total. The van der Waals surface area contributed by atoms with Gasteiger partial charge in [0.25, 0.3) is 0 Å². The number of anilines is 1. The molecule has 0 aromatic heterocycles. The minimum atomic E-state index is 0.250. The monoisotopic (exact) mass is 300 g/mol. The molecule has 0 aliphatic carbocycles. The first kappa shape index (κ1) is 14.1. The highest BCUT2D eigenvalue weighted by Crippen LogP contribution is 2.33. The van der Waals surface area contributed by atoms with Crippen LogP contribution >= 0.6 is 11.6 Å². The summed E-state index contributed by atoms with van der Waals surface area (Å²) in [5, 5.41) is 4.06. The number of rotatable bonds is 3. The third-order valence-corrected chi connectivity index (χ3v) is 4.15. The van der Waals surface area contributed by atoms with Gasteiger partial charge in [-0.2, -0.15) is 0 Å². The SMILES string of the molecule is O=Cc1ccc(N2CCNC[C@H]2c2ccccc2)c(Cl)c1. The molecule has 0 bridgehead atoms. The molecule has 1 atom stereocenters. The molecule has 1 N–H and O–H groups in total. The summed E-state index contributed by atoms with van der Waals surface area (Å²) in [5.41, 5.74) is 2.85. The molecule has 1 saturated heterocycles. The topological polar surface area (TPSA) is 32.3 Å². The molecule has 0 saturated carbocycles. The number of nitrogens with zero attached hydrogens (tertiary/aromatic N) is 1. The van der Waals surface area contributed by atoms with E-state index in [4.69, 9.17) is 11.6 Å². The molecule has 21 heavy (non-hydrogen) atoms. The molecule has 0 spiro atoms. The fraction of sp³-hybridized carbons (Fsp3) is 0.235. The first-order valence-electron chi connectivity index (χ1n) is 7.06. The summed E-state index contributed by atoms with van der Waals surface area (Å²) in [6, 6.07) is 16.1. The lowest BCUT2D eigenvalue weighted by Gasteiger charge is -2.38. The summed E-state index contributed by atoms with van der Waals surface area (Å²) in [6.07, 6.45) is 0.822. The molecule has 0 amide bonds. The first-order chi connectivity index (χ1) is 10.3. The van der Waals surface area contributed by atoms with E-state index in [0.29, 0.717) is 10.6 Å². The zero-order valence-electron chi connectivity index (χ0n) is 11.6. The Morgan fingerprint density at radius 3 is 2.71 bits per heavy atom. The van der Waals surface area contributed by atoms with E-state index >= 15 is 0 Å². The molecule has 2 aromatic carbocycles. The van der Waals surface area contributed by atoms with Crippen LogP contribution in [-0.4, -0.2) is 25.9 Å². The molecule has 1 aliphatic heterocycles. The van der Waals surface area contributed by atoms with Gasteiger partial charge in [0.15, 0.2) is 0 Å². The molecule has 1 fully saturated rings. The lowest BCUT2D eigenvalue weighted by molar-refractivity contribution is 0.112. The van der Waals surface area contributed by atoms with Crippen molar-refractivity contribution in [1.29, 1.82) is 0 Å². The van der Waals surface area contributed by atoms with Gasteiger partial charge in [0.1, 0.15) is 6.29 Å². The van der Waals surface area contributed by atoms with Crippen LogP contribution in [0.1, 0.15) is 22.0 Å². The normalized spacial score (nSPS) is 18.5. The van der Waals surface area contributed by atoms with Crippen molar-refractivity contribution in [3.05, 3.63) is 64.7 Å². The van der Waals surface area contributed by atoms with Gasteiger partial charge < -0.3 is 10.2 Å². The maximum absolute atomic E-state index is 10.8. The zero-order valence-corrected chi connectivity index (χ0v) is 12.4. The summed E-state index contributed by atoms with van der Waals surface area (Å²) in [4.78, 5) is 13.2. The van der Waals surface area contributed by atoms with Gasteiger partial charge in [-0.1, -0.05) is 41.9 Å². The summed E-state index contributed by atoms with van der Waals surface area (Å²) >= 11 is 6.37. The summed E-state index contributed by atoms with van der Waals surface area (Å²) < 4.78 is 0. The Kier molecular flexibility index (Phi) is 4.23. The number of aldehydes is 1. The smallest absolute Gasteiger partial charge is 0.150 e. The van der Waals surface area contributed by atoms with Crippen LogP contribution in [0, 0.1) is 0 Å². The summed E-state index contributed by atoms with van der Waals surface area (Å²) in [5.74, 6) is 0. The predicted octanol–water partition coefficient (Wildman–Crippen LogP) is 3.30. The average molecular weight is 301 g/mol. The van der Waals surface area contributed by atoms with Crippen LogP contribution < -0.4 is 10.2 Å². The lowest BCUT2D eigenvalue weighted by atomic mass is 10.0.